The Morgan fingerprint density at radius 3 is 2.67 bits per heavy atom. The van der Waals surface area contributed by atoms with E-state index in [2.05, 4.69) is 47.8 Å². The molecule has 2 N–H and O–H groups in total. The van der Waals surface area contributed by atoms with Crippen molar-refractivity contribution in [2.75, 3.05) is 10.6 Å². The molecule has 3 nitrogen and oxygen atoms in total. The summed E-state index contributed by atoms with van der Waals surface area (Å²) >= 11 is 6.97. The van der Waals surface area contributed by atoms with Crippen molar-refractivity contribution in [3.8, 4) is 0 Å². The summed E-state index contributed by atoms with van der Waals surface area (Å²) in [6, 6.07) is 8.10. The Balaban J connectivity index is 1.93. The fourth-order valence-corrected chi connectivity index (χ4v) is 3.44. The van der Waals surface area contributed by atoms with Crippen LogP contribution in [0.3, 0.4) is 0 Å². The van der Waals surface area contributed by atoms with E-state index in [0.29, 0.717) is 0 Å². The molecule has 0 atom stereocenters. The van der Waals surface area contributed by atoms with Gasteiger partial charge in [0, 0.05) is 29.4 Å². The molecule has 0 amide bonds. The molecule has 1 aromatic heterocycles. The van der Waals surface area contributed by atoms with Crippen LogP contribution in [0.4, 0.5) is 11.5 Å². The first-order chi connectivity index (χ1) is 8.63. The average Bonchev–Trinajstić information content (AvgIpc) is 2.71. The third kappa shape index (κ3) is 2.12. The number of benzene rings is 1. The fraction of sp³-hybridized carbons (Fsp3) is 0.154. The normalized spacial score (nSPS) is 13.8. The lowest BCUT2D eigenvalue weighted by atomic mass is 10.1. The van der Waals surface area contributed by atoms with Crippen LogP contribution in [-0.4, -0.2) is 4.98 Å². The van der Waals surface area contributed by atoms with Crippen molar-refractivity contribution in [3.63, 3.8) is 0 Å². The van der Waals surface area contributed by atoms with E-state index in [1.165, 1.54) is 11.1 Å². The summed E-state index contributed by atoms with van der Waals surface area (Å²) in [4.78, 5) is 6.70. The van der Waals surface area contributed by atoms with Gasteiger partial charge in [0.15, 0.2) is 0 Å². The van der Waals surface area contributed by atoms with Crippen LogP contribution in [0.1, 0.15) is 11.1 Å². The number of pyridine rings is 1. The molecule has 1 aliphatic heterocycles. The average molecular weight is 369 g/mol. The number of hydrogen-bond donors (Lipinski definition) is 1. The lowest BCUT2D eigenvalue weighted by Crippen LogP contribution is -2.16. The van der Waals surface area contributed by atoms with Gasteiger partial charge in [0.2, 0.25) is 0 Å². The highest BCUT2D eigenvalue weighted by molar-refractivity contribution is 9.11. The van der Waals surface area contributed by atoms with Gasteiger partial charge in [-0.15, -0.1) is 0 Å². The smallest absolute Gasteiger partial charge is 0.143 e. The van der Waals surface area contributed by atoms with E-state index in [-0.39, 0.29) is 0 Å². The summed E-state index contributed by atoms with van der Waals surface area (Å²) in [5.74, 6) is 0.966. The first-order valence-corrected chi connectivity index (χ1v) is 7.15. The predicted molar refractivity (Wildman–Crippen MR) is 80.4 cm³/mol. The van der Waals surface area contributed by atoms with Crippen molar-refractivity contribution in [3.05, 3.63) is 50.5 Å². The largest absolute Gasteiger partial charge is 0.399 e. The molecule has 2 heterocycles. The lowest BCUT2D eigenvalue weighted by molar-refractivity contribution is 0.852. The summed E-state index contributed by atoms with van der Waals surface area (Å²) in [7, 11) is 0. The molecule has 5 heteroatoms. The van der Waals surface area contributed by atoms with Gasteiger partial charge < -0.3 is 10.6 Å². The Kier molecular flexibility index (Phi) is 3.03. The Morgan fingerprint density at radius 2 is 1.89 bits per heavy atom. The van der Waals surface area contributed by atoms with Crippen molar-refractivity contribution in [1.82, 2.24) is 4.98 Å². The molecule has 0 spiro atoms. The van der Waals surface area contributed by atoms with E-state index in [0.717, 1.165) is 33.5 Å². The molecule has 0 bridgehead atoms. The van der Waals surface area contributed by atoms with E-state index in [4.69, 9.17) is 5.73 Å². The number of rotatable bonds is 1. The molecule has 0 saturated carbocycles. The maximum atomic E-state index is 5.82. The van der Waals surface area contributed by atoms with Gasteiger partial charge in [-0.2, -0.15) is 0 Å². The van der Waals surface area contributed by atoms with Gasteiger partial charge in [-0.1, -0.05) is 6.07 Å². The van der Waals surface area contributed by atoms with Gasteiger partial charge in [-0.3, -0.25) is 0 Å². The van der Waals surface area contributed by atoms with Crippen molar-refractivity contribution in [1.29, 1.82) is 0 Å². The summed E-state index contributed by atoms with van der Waals surface area (Å²) in [5, 5.41) is 0. The number of nitrogens with two attached hydrogens (primary N) is 1. The third-order valence-electron chi connectivity index (χ3n) is 3.04. The van der Waals surface area contributed by atoms with Gasteiger partial charge >= 0.3 is 0 Å². The Bertz CT molecular complexity index is 613. The fourth-order valence-electron chi connectivity index (χ4n) is 2.20. The molecular weight excluding hydrogens is 358 g/mol. The van der Waals surface area contributed by atoms with Crippen molar-refractivity contribution < 1.29 is 0 Å². The SMILES string of the molecule is Nc1ccc2c(c1)CN(c1ncc(Br)cc1Br)C2. The minimum Gasteiger partial charge on any atom is -0.399 e. The molecule has 0 radical (unpaired) electrons. The molecule has 0 fully saturated rings. The van der Waals surface area contributed by atoms with Gasteiger partial charge in [0.25, 0.3) is 0 Å². The van der Waals surface area contributed by atoms with Crippen LogP contribution < -0.4 is 10.6 Å². The zero-order valence-corrected chi connectivity index (χ0v) is 12.7. The molecule has 92 valence electrons. The van der Waals surface area contributed by atoms with E-state index in [1.54, 1.807) is 0 Å². The predicted octanol–water partition coefficient (Wildman–Crippen LogP) is 3.71. The van der Waals surface area contributed by atoms with E-state index >= 15 is 0 Å². The van der Waals surface area contributed by atoms with Crippen LogP contribution in [0.5, 0.6) is 0 Å². The van der Waals surface area contributed by atoms with Crippen molar-refractivity contribution >= 4 is 43.4 Å². The first-order valence-electron chi connectivity index (χ1n) is 5.57. The first kappa shape index (κ1) is 12.0. The monoisotopic (exact) mass is 367 g/mol. The van der Waals surface area contributed by atoms with Crippen LogP contribution in [0.2, 0.25) is 0 Å². The number of hydrogen-bond acceptors (Lipinski definition) is 3. The lowest BCUT2D eigenvalue weighted by Gasteiger charge is -2.17. The highest BCUT2D eigenvalue weighted by atomic mass is 79.9. The van der Waals surface area contributed by atoms with Crippen LogP contribution >= 0.6 is 31.9 Å². The standard InChI is InChI=1S/C13H11Br2N3/c14-10-4-12(15)13(17-5-10)18-6-8-1-2-11(16)3-9(8)7-18/h1-5H,6-7,16H2. The van der Waals surface area contributed by atoms with E-state index < -0.39 is 0 Å². The zero-order valence-electron chi connectivity index (χ0n) is 9.53. The summed E-state index contributed by atoms with van der Waals surface area (Å²) in [6.45, 7) is 1.73. The minimum absolute atomic E-state index is 0.818. The number of fused-ring (bicyclic) bond motifs is 1. The quantitative estimate of drug-likeness (QED) is 0.780. The topological polar surface area (TPSA) is 42.1 Å². The van der Waals surface area contributed by atoms with Crippen LogP contribution in [0.15, 0.2) is 39.4 Å². The number of aromatic nitrogens is 1. The van der Waals surface area contributed by atoms with Gasteiger partial charge in [-0.05, 0) is 61.2 Å². The Hall–Kier alpha value is -1.07. The third-order valence-corrected chi connectivity index (χ3v) is 4.06. The molecule has 0 unspecified atom stereocenters. The second-order valence-electron chi connectivity index (χ2n) is 4.34. The number of nitrogen functional groups attached to an aromatic ring is 1. The van der Waals surface area contributed by atoms with Gasteiger partial charge in [-0.25, -0.2) is 4.98 Å². The summed E-state index contributed by atoms with van der Waals surface area (Å²) in [5.41, 5.74) is 9.24. The van der Waals surface area contributed by atoms with Gasteiger partial charge in [0.1, 0.15) is 5.82 Å². The molecule has 0 aliphatic carbocycles. The van der Waals surface area contributed by atoms with Crippen molar-refractivity contribution in [2.45, 2.75) is 13.1 Å². The minimum atomic E-state index is 0.818. The molecule has 1 aliphatic rings. The Labute approximate surface area is 122 Å². The molecule has 18 heavy (non-hydrogen) atoms. The Morgan fingerprint density at radius 1 is 1.11 bits per heavy atom. The summed E-state index contributed by atoms with van der Waals surface area (Å²) < 4.78 is 1.97. The zero-order chi connectivity index (χ0) is 12.7. The van der Waals surface area contributed by atoms with Crippen molar-refractivity contribution in [2.24, 2.45) is 0 Å². The maximum absolute atomic E-state index is 5.82. The maximum Gasteiger partial charge on any atom is 0.143 e. The van der Waals surface area contributed by atoms with Crippen LogP contribution in [0, 0.1) is 0 Å². The molecule has 0 saturated heterocycles. The second kappa shape index (κ2) is 4.55. The number of nitrogens with zero attached hydrogens (tertiary/aromatic N) is 2. The second-order valence-corrected chi connectivity index (χ2v) is 6.11. The van der Waals surface area contributed by atoms with Crippen LogP contribution in [0.25, 0.3) is 0 Å². The highest BCUT2D eigenvalue weighted by Gasteiger charge is 2.21. The molecular formula is C13H11Br2N3. The molecule has 1 aromatic carbocycles. The number of anilines is 2. The summed E-state index contributed by atoms with van der Waals surface area (Å²) in [6.07, 6.45) is 1.82. The molecule has 2 aromatic rings. The molecule has 3 rings (SSSR count). The highest BCUT2D eigenvalue weighted by Crippen LogP contribution is 2.33. The van der Waals surface area contributed by atoms with Gasteiger partial charge in [0.05, 0.1) is 4.47 Å². The van der Waals surface area contributed by atoms with E-state index in [1.807, 2.05) is 24.4 Å². The van der Waals surface area contributed by atoms with E-state index in [9.17, 15) is 0 Å². The number of halogens is 2. The van der Waals surface area contributed by atoms with Crippen LogP contribution in [-0.2, 0) is 13.1 Å².